The molecule has 4 atom stereocenters. The van der Waals surface area contributed by atoms with Gasteiger partial charge in [0.2, 0.25) is 0 Å². The SMILES string of the molecule is C=CCC1OCCN1C1CCC2CCCCC2N1. The van der Waals surface area contributed by atoms with E-state index in [0.717, 1.165) is 31.5 Å². The lowest BCUT2D eigenvalue weighted by Gasteiger charge is -2.44. The molecule has 2 saturated heterocycles. The molecule has 0 aromatic rings. The molecule has 3 rings (SSSR count). The highest BCUT2D eigenvalue weighted by atomic mass is 16.5. The molecule has 3 nitrogen and oxygen atoms in total. The fourth-order valence-corrected chi connectivity index (χ4v) is 3.97. The topological polar surface area (TPSA) is 24.5 Å². The molecule has 0 radical (unpaired) electrons. The highest BCUT2D eigenvalue weighted by molar-refractivity contribution is 4.91. The fraction of sp³-hybridized carbons (Fsp3) is 0.867. The Morgan fingerprint density at radius 3 is 3.00 bits per heavy atom. The maximum absolute atomic E-state index is 5.81. The number of fused-ring (bicyclic) bond motifs is 1. The molecular weight excluding hydrogens is 224 g/mol. The number of rotatable bonds is 3. The molecule has 0 aromatic carbocycles. The Labute approximate surface area is 111 Å². The zero-order valence-electron chi connectivity index (χ0n) is 11.3. The molecule has 3 heteroatoms. The summed E-state index contributed by atoms with van der Waals surface area (Å²) < 4.78 is 5.81. The van der Waals surface area contributed by atoms with Gasteiger partial charge in [-0.2, -0.15) is 0 Å². The van der Waals surface area contributed by atoms with Crippen LogP contribution in [0.4, 0.5) is 0 Å². The normalized spacial score (nSPS) is 41.6. The summed E-state index contributed by atoms with van der Waals surface area (Å²) in [6.07, 6.45) is 12.1. The van der Waals surface area contributed by atoms with Gasteiger partial charge in [0.15, 0.2) is 0 Å². The molecule has 3 aliphatic rings. The zero-order chi connectivity index (χ0) is 12.4. The molecule has 2 aliphatic heterocycles. The molecule has 0 bridgehead atoms. The lowest BCUT2D eigenvalue weighted by Crippen LogP contribution is -2.57. The summed E-state index contributed by atoms with van der Waals surface area (Å²) in [5.41, 5.74) is 0. The number of hydrogen-bond acceptors (Lipinski definition) is 3. The van der Waals surface area contributed by atoms with Crippen molar-refractivity contribution in [1.82, 2.24) is 10.2 Å². The van der Waals surface area contributed by atoms with E-state index in [2.05, 4.69) is 16.8 Å². The number of nitrogens with one attached hydrogen (secondary N) is 1. The van der Waals surface area contributed by atoms with Gasteiger partial charge in [-0.15, -0.1) is 6.58 Å². The molecular formula is C15H26N2O. The quantitative estimate of drug-likeness (QED) is 0.779. The van der Waals surface area contributed by atoms with Gasteiger partial charge in [0.05, 0.1) is 12.8 Å². The van der Waals surface area contributed by atoms with E-state index >= 15 is 0 Å². The summed E-state index contributed by atoms with van der Waals surface area (Å²) in [6, 6.07) is 0.766. The van der Waals surface area contributed by atoms with Crippen LogP contribution in [0.1, 0.15) is 44.9 Å². The first kappa shape index (κ1) is 12.6. The lowest BCUT2D eigenvalue weighted by atomic mass is 9.78. The molecule has 1 saturated carbocycles. The third kappa shape index (κ3) is 2.49. The van der Waals surface area contributed by atoms with Crippen LogP contribution in [0.2, 0.25) is 0 Å². The summed E-state index contributed by atoms with van der Waals surface area (Å²) in [7, 11) is 0. The van der Waals surface area contributed by atoms with E-state index in [1.807, 2.05) is 6.08 Å². The molecule has 102 valence electrons. The smallest absolute Gasteiger partial charge is 0.115 e. The third-order valence-electron chi connectivity index (χ3n) is 4.92. The summed E-state index contributed by atoms with van der Waals surface area (Å²) in [4.78, 5) is 2.52. The second-order valence-electron chi connectivity index (χ2n) is 6.00. The van der Waals surface area contributed by atoms with Crippen molar-refractivity contribution in [1.29, 1.82) is 0 Å². The predicted molar refractivity (Wildman–Crippen MR) is 73.2 cm³/mol. The fourth-order valence-electron chi connectivity index (χ4n) is 3.97. The minimum absolute atomic E-state index is 0.264. The Kier molecular flexibility index (Phi) is 4.02. The molecule has 18 heavy (non-hydrogen) atoms. The molecule has 1 N–H and O–H groups in total. The van der Waals surface area contributed by atoms with Gasteiger partial charge in [0, 0.05) is 19.0 Å². The van der Waals surface area contributed by atoms with E-state index in [-0.39, 0.29) is 6.23 Å². The van der Waals surface area contributed by atoms with E-state index in [9.17, 15) is 0 Å². The van der Waals surface area contributed by atoms with E-state index in [4.69, 9.17) is 4.74 Å². The van der Waals surface area contributed by atoms with E-state index in [1.54, 1.807) is 0 Å². The van der Waals surface area contributed by atoms with E-state index < -0.39 is 0 Å². The van der Waals surface area contributed by atoms with Crippen LogP contribution < -0.4 is 5.32 Å². The van der Waals surface area contributed by atoms with Gasteiger partial charge in [0.1, 0.15) is 6.23 Å². The van der Waals surface area contributed by atoms with Gasteiger partial charge in [-0.1, -0.05) is 18.9 Å². The van der Waals surface area contributed by atoms with Gasteiger partial charge in [0.25, 0.3) is 0 Å². The number of nitrogens with zero attached hydrogens (tertiary/aromatic N) is 1. The van der Waals surface area contributed by atoms with Crippen molar-refractivity contribution in [2.45, 2.75) is 63.4 Å². The predicted octanol–water partition coefficient (Wildman–Crippen LogP) is 2.49. The molecule has 0 amide bonds. The van der Waals surface area contributed by atoms with Crippen LogP contribution in [0.5, 0.6) is 0 Å². The minimum atomic E-state index is 0.264. The summed E-state index contributed by atoms with van der Waals surface area (Å²) in [5.74, 6) is 0.941. The van der Waals surface area contributed by atoms with Crippen molar-refractivity contribution >= 4 is 0 Å². The summed E-state index contributed by atoms with van der Waals surface area (Å²) >= 11 is 0. The number of piperidine rings is 1. The second kappa shape index (κ2) is 5.72. The van der Waals surface area contributed by atoms with Crippen molar-refractivity contribution in [3.8, 4) is 0 Å². The van der Waals surface area contributed by atoms with Gasteiger partial charge in [-0.05, 0) is 31.6 Å². The molecule has 0 spiro atoms. The minimum Gasteiger partial charge on any atom is -0.361 e. The van der Waals surface area contributed by atoms with Crippen molar-refractivity contribution in [2.75, 3.05) is 13.2 Å². The highest BCUT2D eigenvalue weighted by Gasteiger charge is 2.37. The van der Waals surface area contributed by atoms with Crippen LogP contribution in [0.15, 0.2) is 12.7 Å². The maximum Gasteiger partial charge on any atom is 0.115 e. The monoisotopic (exact) mass is 250 g/mol. The van der Waals surface area contributed by atoms with Crippen LogP contribution in [0.3, 0.4) is 0 Å². The molecule has 4 unspecified atom stereocenters. The molecule has 1 aliphatic carbocycles. The second-order valence-corrected chi connectivity index (χ2v) is 6.00. The van der Waals surface area contributed by atoms with Crippen LogP contribution in [-0.2, 0) is 4.74 Å². The average molecular weight is 250 g/mol. The summed E-state index contributed by atoms with van der Waals surface area (Å²) in [5, 5.41) is 3.90. The standard InChI is InChI=1S/C15H26N2O/c1-2-5-15-17(10-11-18-15)14-9-8-12-6-3-4-7-13(12)16-14/h2,12-16H,1,3-11H2. The Hall–Kier alpha value is -0.380. The van der Waals surface area contributed by atoms with Gasteiger partial charge in [-0.3, -0.25) is 10.2 Å². The number of hydrogen-bond donors (Lipinski definition) is 1. The molecule has 2 heterocycles. The molecule has 3 fully saturated rings. The van der Waals surface area contributed by atoms with E-state index in [0.29, 0.717) is 6.17 Å². The highest BCUT2D eigenvalue weighted by Crippen LogP contribution is 2.34. The van der Waals surface area contributed by atoms with Crippen LogP contribution in [-0.4, -0.2) is 36.5 Å². The first-order valence-corrected chi connectivity index (χ1v) is 7.63. The van der Waals surface area contributed by atoms with Gasteiger partial charge < -0.3 is 4.74 Å². The lowest BCUT2D eigenvalue weighted by molar-refractivity contribution is -0.0150. The molecule has 0 aromatic heterocycles. The van der Waals surface area contributed by atoms with Crippen molar-refractivity contribution in [2.24, 2.45) is 5.92 Å². The number of ether oxygens (including phenoxy) is 1. The first-order valence-electron chi connectivity index (χ1n) is 7.63. The van der Waals surface area contributed by atoms with Crippen LogP contribution >= 0.6 is 0 Å². The van der Waals surface area contributed by atoms with E-state index in [1.165, 1.54) is 38.5 Å². The Morgan fingerprint density at radius 1 is 1.22 bits per heavy atom. The van der Waals surface area contributed by atoms with Crippen molar-refractivity contribution in [3.63, 3.8) is 0 Å². The first-order chi connectivity index (χ1) is 8.88. The Bertz CT molecular complexity index is 294. The van der Waals surface area contributed by atoms with Crippen LogP contribution in [0, 0.1) is 5.92 Å². The van der Waals surface area contributed by atoms with Crippen molar-refractivity contribution < 1.29 is 4.74 Å². The van der Waals surface area contributed by atoms with Gasteiger partial charge in [-0.25, -0.2) is 0 Å². The third-order valence-corrected chi connectivity index (χ3v) is 4.92. The van der Waals surface area contributed by atoms with Crippen molar-refractivity contribution in [3.05, 3.63) is 12.7 Å². The zero-order valence-corrected chi connectivity index (χ0v) is 11.3. The Balaban J connectivity index is 1.61. The maximum atomic E-state index is 5.81. The van der Waals surface area contributed by atoms with Crippen LogP contribution in [0.25, 0.3) is 0 Å². The summed E-state index contributed by atoms with van der Waals surface area (Å²) in [6.45, 7) is 5.80. The largest absolute Gasteiger partial charge is 0.361 e. The van der Waals surface area contributed by atoms with Gasteiger partial charge >= 0.3 is 0 Å². The Morgan fingerprint density at radius 2 is 2.11 bits per heavy atom. The average Bonchev–Trinajstić information content (AvgIpc) is 2.87.